The van der Waals surface area contributed by atoms with Crippen LogP contribution in [-0.2, 0) is 6.42 Å². The first kappa shape index (κ1) is 9.86. The molecule has 1 aromatic heterocycles. The van der Waals surface area contributed by atoms with E-state index in [4.69, 9.17) is 5.11 Å². The summed E-state index contributed by atoms with van der Waals surface area (Å²) in [6.07, 6.45) is 3.15. The van der Waals surface area contributed by atoms with Gasteiger partial charge < -0.3 is 10.2 Å². The first-order valence-corrected chi connectivity index (χ1v) is 4.69. The maximum atomic E-state index is 10.9. The van der Waals surface area contributed by atoms with Gasteiger partial charge in [-0.25, -0.2) is 4.79 Å². The smallest absolute Gasteiger partial charge is 0.336 e. The summed E-state index contributed by atoms with van der Waals surface area (Å²) in [5.41, 5.74) is 2.44. The molecule has 4 heteroatoms. The second-order valence-corrected chi connectivity index (χ2v) is 3.60. The number of nitrogens with zero attached hydrogens (tertiary/aromatic N) is 1. The number of pyridine rings is 1. The summed E-state index contributed by atoms with van der Waals surface area (Å²) in [7, 11) is 0. The minimum absolute atomic E-state index is 0.270. The van der Waals surface area contributed by atoms with E-state index >= 15 is 0 Å². The summed E-state index contributed by atoms with van der Waals surface area (Å²) in [5.74, 6) is -0.950. The maximum Gasteiger partial charge on any atom is 0.336 e. The Balaban J connectivity index is 2.45. The Hall–Kier alpha value is -1.68. The normalized spacial score (nSPS) is 15.7. The summed E-state index contributed by atoms with van der Waals surface area (Å²) < 4.78 is 0. The highest BCUT2D eigenvalue weighted by atomic mass is 16.4. The van der Waals surface area contributed by atoms with Crippen molar-refractivity contribution < 1.29 is 15.0 Å². The summed E-state index contributed by atoms with van der Waals surface area (Å²) >= 11 is 0. The van der Waals surface area contributed by atoms with Crippen LogP contribution < -0.4 is 0 Å². The van der Waals surface area contributed by atoms with Gasteiger partial charge >= 0.3 is 5.97 Å². The average molecular weight is 205 g/mol. The zero-order chi connectivity index (χ0) is 11.0. The highest BCUT2D eigenvalue weighted by molar-refractivity contribution is 5.91. The monoisotopic (exact) mass is 205 g/mol. The number of carboxylic acid groups (broad SMARTS) is 1. The van der Waals surface area contributed by atoms with Crippen molar-refractivity contribution in [2.75, 3.05) is 0 Å². The molecule has 0 saturated heterocycles. The molecule has 1 aliphatic carbocycles. The molecule has 1 unspecified atom stereocenters. The van der Waals surface area contributed by atoms with E-state index in [0.717, 1.165) is 5.57 Å². The van der Waals surface area contributed by atoms with Crippen LogP contribution in [-0.4, -0.2) is 27.3 Å². The van der Waals surface area contributed by atoms with Gasteiger partial charge in [-0.05, 0) is 36.6 Å². The van der Waals surface area contributed by atoms with Crippen molar-refractivity contribution in [1.82, 2.24) is 4.98 Å². The van der Waals surface area contributed by atoms with Crippen molar-refractivity contribution in [2.45, 2.75) is 19.4 Å². The zero-order valence-electron chi connectivity index (χ0n) is 8.27. The van der Waals surface area contributed by atoms with Crippen LogP contribution in [0.3, 0.4) is 0 Å². The molecular weight excluding hydrogens is 194 g/mol. The molecule has 15 heavy (non-hydrogen) atoms. The molecule has 0 saturated carbocycles. The van der Waals surface area contributed by atoms with Crippen LogP contribution in [0.2, 0.25) is 0 Å². The summed E-state index contributed by atoms with van der Waals surface area (Å²) in [6.45, 7) is 1.66. The van der Waals surface area contributed by atoms with Crippen LogP contribution in [0, 0.1) is 0 Å². The minimum Gasteiger partial charge on any atom is -0.478 e. The van der Waals surface area contributed by atoms with Gasteiger partial charge in [0.05, 0.1) is 17.4 Å². The van der Waals surface area contributed by atoms with E-state index in [-0.39, 0.29) is 5.56 Å². The summed E-state index contributed by atoms with van der Waals surface area (Å²) in [4.78, 5) is 15.0. The molecule has 0 aliphatic heterocycles. The molecule has 0 amide bonds. The number of aromatic carboxylic acids is 1. The Labute approximate surface area is 86.9 Å². The lowest BCUT2D eigenvalue weighted by Crippen LogP contribution is -2.07. The fraction of sp³-hybridized carbons (Fsp3) is 0.273. The largest absolute Gasteiger partial charge is 0.478 e. The van der Waals surface area contributed by atoms with Crippen molar-refractivity contribution >= 4 is 12.0 Å². The standard InChI is InChI=1S/C11H11NO3/c1-6(13)7-4-9-8(11(14)15)2-3-12-10(9)5-7/h2-3,5-6,13H,4H2,1H3,(H,14,15). The SMILES string of the molecule is CC(O)C1=Cc2nccc(C(=O)O)c2C1. The van der Waals surface area contributed by atoms with E-state index in [1.54, 1.807) is 13.0 Å². The van der Waals surface area contributed by atoms with Crippen LogP contribution in [0.4, 0.5) is 0 Å². The number of rotatable bonds is 2. The Kier molecular flexibility index (Phi) is 2.28. The topological polar surface area (TPSA) is 70.4 Å². The molecule has 1 atom stereocenters. The molecular formula is C11H11NO3. The fourth-order valence-electron chi connectivity index (χ4n) is 1.72. The van der Waals surface area contributed by atoms with Gasteiger partial charge in [-0.3, -0.25) is 4.98 Å². The number of aromatic nitrogens is 1. The van der Waals surface area contributed by atoms with Crippen molar-refractivity contribution in [2.24, 2.45) is 0 Å². The van der Waals surface area contributed by atoms with E-state index in [9.17, 15) is 9.90 Å². The summed E-state index contributed by atoms with van der Waals surface area (Å²) in [5, 5.41) is 18.4. The third kappa shape index (κ3) is 1.64. The number of fused-ring (bicyclic) bond motifs is 1. The van der Waals surface area contributed by atoms with Gasteiger partial charge in [0.15, 0.2) is 0 Å². The van der Waals surface area contributed by atoms with Gasteiger partial charge in [0, 0.05) is 6.20 Å². The van der Waals surface area contributed by atoms with Crippen LogP contribution in [0.1, 0.15) is 28.5 Å². The molecule has 0 spiro atoms. The predicted molar refractivity (Wildman–Crippen MR) is 54.6 cm³/mol. The lowest BCUT2D eigenvalue weighted by atomic mass is 10.0. The summed E-state index contributed by atoms with van der Waals surface area (Å²) in [6, 6.07) is 1.49. The average Bonchev–Trinajstić information content (AvgIpc) is 2.60. The molecule has 78 valence electrons. The van der Waals surface area contributed by atoms with Crippen molar-refractivity contribution in [1.29, 1.82) is 0 Å². The third-order valence-corrected chi connectivity index (χ3v) is 2.56. The molecule has 0 bridgehead atoms. The molecule has 4 nitrogen and oxygen atoms in total. The van der Waals surface area contributed by atoms with E-state index in [0.29, 0.717) is 17.7 Å². The van der Waals surface area contributed by atoms with Crippen molar-refractivity contribution in [3.63, 3.8) is 0 Å². The Morgan fingerprint density at radius 1 is 1.60 bits per heavy atom. The van der Waals surface area contributed by atoms with E-state index < -0.39 is 12.1 Å². The number of hydrogen-bond acceptors (Lipinski definition) is 3. The van der Waals surface area contributed by atoms with Gasteiger partial charge in [0.25, 0.3) is 0 Å². The number of carboxylic acids is 1. The third-order valence-electron chi connectivity index (χ3n) is 2.56. The zero-order valence-corrected chi connectivity index (χ0v) is 8.27. The Morgan fingerprint density at radius 2 is 2.33 bits per heavy atom. The van der Waals surface area contributed by atoms with E-state index in [1.807, 2.05) is 0 Å². The first-order valence-electron chi connectivity index (χ1n) is 4.69. The second-order valence-electron chi connectivity index (χ2n) is 3.60. The molecule has 2 rings (SSSR count). The number of aliphatic hydroxyl groups excluding tert-OH is 1. The highest BCUT2D eigenvalue weighted by Gasteiger charge is 2.22. The van der Waals surface area contributed by atoms with Crippen molar-refractivity contribution in [3.05, 3.63) is 34.7 Å². The minimum atomic E-state index is -0.950. The predicted octanol–water partition coefficient (Wildman–Crippen LogP) is 1.10. The molecule has 0 aromatic carbocycles. The van der Waals surface area contributed by atoms with Crippen LogP contribution in [0.5, 0.6) is 0 Å². The van der Waals surface area contributed by atoms with Crippen LogP contribution in [0.15, 0.2) is 17.8 Å². The van der Waals surface area contributed by atoms with Crippen LogP contribution >= 0.6 is 0 Å². The lowest BCUT2D eigenvalue weighted by molar-refractivity contribution is 0.0695. The van der Waals surface area contributed by atoms with Gasteiger partial charge in [0.1, 0.15) is 0 Å². The number of aliphatic hydroxyl groups is 1. The van der Waals surface area contributed by atoms with Gasteiger partial charge in [-0.2, -0.15) is 0 Å². The molecule has 0 fully saturated rings. The van der Waals surface area contributed by atoms with Gasteiger partial charge in [-0.15, -0.1) is 0 Å². The fourth-order valence-corrected chi connectivity index (χ4v) is 1.72. The van der Waals surface area contributed by atoms with Crippen molar-refractivity contribution in [3.8, 4) is 0 Å². The Bertz CT molecular complexity index is 449. The van der Waals surface area contributed by atoms with E-state index in [1.165, 1.54) is 12.3 Å². The van der Waals surface area contributed by atoms with E-state index in [2.05, 4.69) is 4.98 Å². The quantitative estimate of drug-likeness (QED) is 0.758. The molecule has 1 aromatic rings. The molecule has 1 heterocycles. The first-order chi connectivity index (χ1) is 7.09. The lowest BCUT2D eigenvalue weighted by Gasteiger charge is -2.05. The highest BCUT2D eigenvalue weighted by Crippen LogP contribution is 2.27. The molecule has 1 aliphatic rings. The van der Waals surface area contributed by atoms with Gasteiger partial charge in [0.2, 0.25) is 0 Å². The Morgan fingerprint density at radius 3 is 2.93 bits per heavy atom. The molecule has 0 radical (unpaired) electrons. The molecule has 2 N–H and O–H groups in total. The van der Waals surface area contributed by atoms with Crippen LogP contribution in [0.25, 0.3) is 6.08 Å². The number of carbonyl (C=O) groups is 1. The maximum absolute atomic E-state index is 10.9. The van der Waals surface area contributed by atoms with Gasteiger partial charge in [-0.1, -0.05) is 0 Å². The number of hydrogen-bond donors (Lipinski definition) is 2. The second kappa shape index (κ2) is 3.47.